The quantitative estimate of drug-likeness (QED) is 0.0128. The monoisotopic (exact) mass is 1270 g/mol. The number of ketones is 1. The van der Waals surface area contributed by atoms with Gasteiger partial charge in [0.1, 0.15) is 34.2 Å². The summed E-state index contributed by atoms with van der Waals surface area (Å²) in [5, 5.41) is 58.5. The Balaban J connectivity index is -0.0000000685. The summed E-state index contributed by atoms with van der Waals surface area (Å²) >= 11 is 0. The van der Waals surface area contributed by atoms with Crippen LogP contribution in [-0.4, -0.2) is 148 Å². The number of ether oxygens (including phenoxy) is 1. The summed E-state index contributed by atoms with van der Waals surface area (Å²) in [6.45, 7) is 4.15. The molecule has 4 amide bonds. The Hall–Kier alpha value is -8.07. The third-order valence-corrected chi connectivity index (χ3v) is 8.07. The maximum Gasteiger partial charge on any atom is 1.00 e. The number of aromatic nitrogens is 6. The zero-order chi connectivity index (χ0) is 60.8. The van der Waals surface area contributed by atoms with Crippen LogP contribution in [0.15, 0.2) is 110 Å². The summed E-state index contributed by atoms with van der Waals surface area (Å²) in [4.78, 5) is 148. The van der Waals surface area contributed by atoms with E-state index in [1.54, 1.807) is 18.3 Å². The first-order chi connectivity index (χ1) is 37.1. The average molecular weight is 1270 g/mol. The number of primary amides is 4. The van der Waals surface area contributed by atoms with Gasteiger partial charge in [-0.2, -0.15) is 0 Å². The Morgan fingerprint density at radius 1 is 0.517 bits per heavy atom. The molecule has 0 aliphatic carbocycles. The molecule has 0 spiro atoms. The van der Waals surface area contributed by atoms with Crippen LogP contribution < -0.4 is 129 Å². The van der Waals surface area contributed by atoms with Crippen molar-refractivity contribution in [3.05, 3.63) is 178 Å². The summed E-state index contributed by atoms with van der Waals surface area (Å²) in [5.74, 6) is -8.63. The van der Waals surface area contributed by atoms with Crippen molar-refractivity contribution in [1.82, 2.24) is 42.2 Å². The van der Waals surface area contributed by atoms with Gasteiger partial charge in [-0.1, -0.05) is 14.4 Å². The van der Waals surface area contributed by atoms with Gasteiger partial charge < -0.3 is 83.6 Å². The molecule has 457 valence electrons. The number of rotatable bonds is 13. The van der Waals surface area contributed by atoms with Crippen molar-refractivity contribution >= 4 is 92.5 Å². The predicted molar refractivity (Wildman–Crippen MR) is 298 cm³/mol. The van der Waals surface area contributed by atoms with E-state index in [1.165, 1.54) is 81.3 Å². The number of carbonyl (C=O) groups excluding carboxylic acids is 7. The van der Waals surface area contributed by atoms with E-state index in [1.807, 2.05) is 13.0 Å². The first-order valence-corrected chi connectivity index (χ1v) is 21.1. The molecule has 38 heteroatoms. The molecule has 87 heavy (non-hydrogen) atoms. The van der Waals surface area contributed by atoms with Gasteiger partial charge in [-0.3, -0.25) is 58.5 Å². The molecule has 6 heterocycles. The summed E-state index contributed by atoms with van der Waals surface area (Å²) < 4.78 is 4.45. The first kappa shape index (κ1) is 101. The third kappa shape index (κ3) is 45.9. The minimum absolute atomic E-state index is 0. The minimum atomic E-state index is -1.24. The molecular formula is C49H63BClN12Na3O21+. The molecule has 6 aromatic rings. The Kier molecular flexibility index (Phi) is 66.1. The molecule has 0 bridgehead atoms. The molecule has 0 unspecified atom stereocenters. The molecule has 33 nitrogen and oxygen atoms in total. The fourth-order valence-electron chi connectivity index (χ4n) is 4.48. The van der Waals surface area contributed by atoms with Gasteiger partial charge in [0.25, 0.3) is 36.1 Å². The van der Waals surface area contributed by atoms with E-state index in [4.69, 9.17) is 68.4 Å². The fraction of sp³-hybridized carbons (Fsp3) is 0.143. The molecule has 0 saturated carbocycles. The second-order valence-electron chi connectivity index (χ2n) is 13.8. The van der Waals surface area contributed by atoms with E-state index in [-0.39, 0.29) is 203 Å². The number of nitrogens with zero attached hydrogens (tertiary/aromatic N) is 6. The predicted octanol–water partition coefficient (Wildman–Crippen LogP) is -7.40. The van der Waals surface area contributed by atoms with E-state index in [0.29, 0.717) is 11.3 Å². The summed E-state index contributed by atoms with van der Waals surface area (Å²) in [7, 11) is 1.26. The van der Waals surface area contributed by atoms with Crippen LogP contribution in [0.4, 0.5) is 0 Å². The zero-order valence-corrected chi connectivity index (χ0v) is 53.9. The van der Waals surface area contributed by atoms with Crippen molar-refractivity contribution in [1.29, 1.82) is 0 Å². The number of hydrogen-bond donors (Lipinski definition) is 12. The number of carboxylic acid groups (broad SMARTS) is 5. The number of aliphatic hydroxyl groups is 1. The van der Waals surface area contributed by atoms with Crippen LogP contribution in [0.2, 0.25) is 0 Å². The minimum Gasteiger partial charge on any atom is -1.00 e. The first-order valence-electron chi connectivity index (χ1n) is 21.1. The van der Waals surface area contributed by atoms with Gasteiger partial charge in [-0.05, 0) is 90.3 Å². The van der Waals surface area contributed by atoms with Crippen molar-refractivity contribution in [3.63, 3.8) is 0 Å². The van der Waals surface area contributed by atoms with Gasteiger partial charge in [-0.15, -0.1) is 12.4 Å². The molecule has 0 aliphatic heterocycles. The number of aliphatic hydroxyl groups excluding tert-OH is 1. The summed E-state index contributed by atoms with van der Waals surface area (Å²) in [6, 6.07) is 16.6. The molecule has 0 aliphatic rings. The number of aryl methyl sites for hydroxylation is 1. The maximum atomic E-state index is 11.0. The smallest absolute Gasteiger partial charge is 1.00 e. The number of methoxy groups -OCH3 is 1. The number of aromatic carboxylic acids is 4. The van der Waals surface area contributed by atoms with Crippen LogP contribution in [0.25, 0.3) is 0 Å². The van der Waals surface area contributed by atoms with Gasteiger partial charge >= 0.3 is 120 Å². The number of nitrogens with two attached hydrogens (primary N) is 4. The van der Waals surface area contributed by atoms with Gasteiger partial charge in [0.05, 0.1) is 36.0 Å². The van der Waals surface area contributed by atoms with Gasteiger partial charge in [0, 0.05) is 59.4 Å². The van der Waals surface area contributed by atoms with Crippen LogP contribution in [0.3, 0.4) is 0 Å². The van der Waals surface area contributed by atoms with E-state index >= 15 is 0 Å². The largest absolute Gasteiger partial charge is 1.00 e. The van der Waals surface area contributed by atoms with Crippen LogP contribution in [0.1, 0.15) is 148 Å². The maximum absolute atomic E-state index is 11.0. The SMILES string of the molecule is C.CC(=O)O.CC(=O)c1cc(C(=O)O)ccn1.CCc1ccnc(C(N)=O)c1.COC(=O)c1ccnc(C(N)=O)c1.Cl.N.N.NC(=O)c1cc(C(=O)O)ccn1.NC(=O)c1cc(CO)ccn1.O=C(O)c1ccnc(C(=O)O)c1.O=CO[O-].[B].[H+].[H-].[H-].[Na+].[Na+].[Na+]. The second-order valence-corrected chi connectivity index (χ2v) is 13.8. The number of carbonyl (C=O) groups is 12. The number of Topliss-reactive ketones (excluding diaryl/α,β-unsaturated/α-hetero) is 1. The van der Waals surface area contributed by atoms with Crippen molar-refractivity contribution in [2.24, 2.45) is 22.9 Å². The zero-order valence-electron chi connectivity index (χ0n) is 50.1. The molecule has 6 aromatic heterocycles. The third-order valence-electron chi connectivity index (χ3n) is 8.07. The van der Waals surface area contributed by atoms with Crippen LogP contribution in [0.5, 0.6) is 0 Å². The Bertz CT molecular complexity index is 2830. The van der Waals surface area contributed by atoms with Crippen molar-refractivity contribution in [2.75, 3.05) is 7.11 Å². The molecule has 0 atom stereocenters. The van der Waals surface area contributed by atoms with Crippen molar-refractivity contribution in [2.45, 2.75) is 41.2 Å². The van der Waals surface area contributed by atoms with E-state index in [0.717, 1.165) is 37.2 Å². The average Bonchev–Trinajstić information content (AvgIpc) is 3.43. The molecular weight excluding hydrogens is 1210 g/mol. The number of halogens is 1. The van der Waals surface area contributed by atoms with E-state index in [9.17, 15) is 47.9 Å². The number of pyridine rings is 6. The van der Waals surface area contributed by atoms with Crippen LogP contribution >= 0.6 is 12.4 Å². The molecule has 0 saturated heterocycles. The summed E-state index contributed by atoms with van der Waals surface area (Å²) in [5.41, 5.74) is 22.2. The Morgan fingerprint density at radius 3 is 1.05 bits per heavy atom. The number of aliphatic carboxylic acids is 1. The molecule has 6 rings (SSSR count). The normalized spacial score (nSPS) is 8.21. The summed E-state index contributed by atoms with van der Waals surface area (Å²) in [6.07, 6.45) is 8.93. The second kappa shape index (κ2) is 57.0. The van der Waals surface area contributed by atoms with Crippen LogP contribution in [-0.2, 0) is 32.2 Å². The molecule has 0 fully saturated rings. The Morgan fingerprint density at radius 2 is 0.770 bits per heavy atom. The topological polar surface area (TPSA) is 619 Å². The van der Waals surface area contributed by atoms with Crippen LogP contribution in [0, 0.1) is 0 Å². The number of carboxylic acids is 5. The van der Waals surface area contributed by atoms with Gasteiger partial charge in [0.2, 0.25) is 0 Å². The number of amides is 4. The standard InChI is InChI=1S/C8H8N2O3.C8H10N2O.C8H7NO3.C7H6N2O3.C7H8N2O2.C7H5NO4.C2H4O2.CH2O3.CH4.B.ClH.2H3N.3Na.2H/c1-13-8(12)5-2-3-10-6(4-5)7(9)11;1-2-6-3-4-10-7(5-6)8(9)11;1-5(10)7-4-6(8(11)12)2-3-9-7;8-6(10)5-3-4(7(11)12)1-2-9-5;8-7(11)6-3-5(4-10)1-2-9-6;9-6(10)4-1-2-8-5(3-4)7(11)12;1-2(3)4;2-1-4-3;;;;;;;;;;/h2-4H,1H3,(H2,9,11);3-5H,2H2,1H3,(H2,9,11);2-4H,1H3,(H,11,12);1-3H,(H2,8,10)(H,11,12);1-3,10H,4H2,(H2,8,11);1-3H,(H,9,10)(H,11,12);1H3,(H,3,4);1,3H;1H4;;1H;2*1H3;;;;;/q;;;;;;;;;;;;;3*+1;2*-1. The molecule has 0 aromatic carbocycles. The van der Waals surface area contributed by atoms with Crippen molar-refractivity contribution < 1.29 is 196 Å². The molecule has 20 N–H and O–H groups in total. The molecule has 3 radical (unpaired) electrons. The number of hydrogen-bond acceptors (Lipinski definition) is 24. The number of esters is 1. The fourth-order valence-corrected chi connectivity index (χ4v) is 4.48. The van der Waals surface area contributed by atoms with E-state index < -0.39 is 59.4 Å². The van der Waals surface area contributed by atoms with Gasteiger partial charge in [0.15, 0.2) is 5.78 Å². The van der Waals surface area contributed by atoms with E-state index in [2.05, 4.69) is 39.5 Å². The van der Waals surface area contributed by atoms with Crippen molar-refractivity contribution in [3.8, 4) is 0 Å². The Labute approximate surface area is 574 Å². The van der Waals surface area contributed by atoms with Gasteiger partial charge in [-0.25, -0.2) is 29.0 Å².